The average molecular weight is 263 g/mol. The molecule has 0 unspecified atom stereocenters. The molecule has 0 amide bonds. The number of hydrogen-bond donors (Lipinski definition) is 0. The summed E-state index contributed by atoms with van der Waals surface area (Å²) in [6, 6.07) is 0. The van der Waals surface area contributed by atoms with Crippen molar-refractivity contribution in [1.29, 1.82) is 0 Å². The van der Waals surface area contributed by atoms with E-state index in [-0.39, 0.29) is 5.54 Å². The number of fused-ring (bicyclic) bond motifs is 1. The second-order valence-corrected chi connectivity index (χ2v) is 7.16. The Morgan fingerprint density at radius 1 is 1.39 bits per heavy atom. The standard InChI is InChI=1S/C16H25NS/c1-12-6-5-8-16(4)9-7-13(10-14(12)16)15(2,3)17-11-18/h10,12-13H,5-9H2,1-4H3/t12-,13-,16+/m0/s1. The molecule has 2 aliphatic rings. The molecule has 0 saturated heterocycles. The Morgan fingerprint density at radius 3 is 2.78 bits per heavy atom. The largest absolute Gasteiger partial charge is 0.226 e. The fourth-order valence-electron chi connectivity index (χ4n) is 3.86. The molecule has 0 aromatic heterocycles. The normalized spacial score (nSPS) is 36.3. The minimum atomic E-state index is -0.0900. The van der Waals surface area contributed by atoms with Crippen LogP contribution in [0.2, 0.25) is 0 Å². The molecule has 0 aromatic carbocycles. The summed E-state index contributed by atoms with van der Waals surface area (Å²) < 4.78 is 0. The van der Waals surface area contributed by atoms with Crippen LogP contribution in [0.4, 0.5) is 0 Å². The van der Waals surface area contributed by atoms with E-state index in [4.69, 9.17) is 12.2 Å². The van der Waals surface area contributed by atoms with Gasteiger partial charge in [-0.15, -0.1) is 0 Å². The fourth-order valence-corrected chi connectivity index (χ4v) is 4.10. The quantitative estimate of drug-likeness (QED) is 0.386. The molecule has 1 saturated carbocycles. The zero-order chi connectivity index (χ0) is 13.4. The van der Waals surface area contributed by atoms with E-state index in [0.29, 0.717) is 11.3 Å². The highest BCUT2D eigenvalue weighted by atomic mass is 32.1. The second kappa shape index (κ2) is 4.90. The van der Waals surface area contributed by atoms with Gasteiger partial charge < -0.3 is 0 Å². The van der Waals surface area contributed by atoms with Gasteiger partial charge in [0, 0.05) is 5.92 Å². The minimum Gasteiger partial charge on any atom is -0.226 e. The fraction of sp³-hybridized carbons (Fsp3) is 0.812. The Bertz CT molecular complexity index is 403. The van der Waals surface area contributed by atoms with Crippen LogP contribution in [0.15, 0.2) is 16.6 Å². The Labute approximate surface area is 117 Å². The molecule has 2 rings (SSSR count). The van der Waals surface area contributed by atoms with E-state index in [2.05, 4.69) is 43.9 Å². The van der Waals surface area contributed by atoms with E-state index in [1.807, 2.05) is 0 Å². The highest BCUT2D eigenvalue weighted by molar-refractivity contribution is 7.78. The first kappa shape index (κ1) is 14.0. The van der Waals surface area contributed by atoms with Gasteiger partial charge in [0.15, 0.2) is 0 Å². The van der Waals surface area contributed by atoms with Gasteiger partial charge in [-0.1, -0.05) is 31.9 Å². The third kappa shape index (κ3) is 2.46. The van der Waals surface area contributed by atoms with Crippen molar-refractivity contribution < 1.29 is 0 Å². The molecule has 0 aromatic rings. The number of nitrogens with zero attached hydrogens (tertiary/aromatic N) is 1. The Balaban J connectivity index is 2.32. The maximum Gasteiger partial charge on any atom is 0.0717 e. The predicted octanol–water partition coefficient (Wildman–Crippen LogP) is 5.03. The number of isothiocyanates is 1. The number of aliphatic imine (C=N–C) groups is 1. The molecule has 0 spiro atoms. The molecule has 100 valence electrons. The molecule has 0 heterocycles. The summed E-state index contributed by atoms with van der Waals surface area (Å²) in [6.45, 7) is 9.22. The lowest BCUT2D eigenvalue weighted by atomic mass is 9.59. The van der Waals surface area contributed by atoms with Crippen LogP contribution in [-0.2, 0) is 0 Å². The highest BCUT2D eigenvalue weighted by Gasteiger charge is 2.41. The lowest BCUT2D eigenvalue weighted by molar-refractivity contribution is 0.191. The van der Waals surface area contributed by atoms with Crippen molar-refractivity contribution in [3.8, 4) is 0 Å². The SMILES string of the molecule is C[C@H]1CCC[C@]2(C)CC[C@H](C(C)(C)N=C=S)C=C12. The van der Waals surface area contributed by atoms with Gasteiger partial charge in [-0.25, -0.2) is 4.99 Å². The summed E-state index contributed by atoms with van der Waals surface area (Å²) >= 11 is 4.79. The monoisotopic (exact) mass is 263 g/mol. The van der Waals surface area contributed by atoms with Crippen molar-refractivity contribution in [3.63, 3.8) is 0 Å². The van der Waals surface area contributed by atoms with Crippen molar-refractivity contribution in [2.75, 3.05) is 0 Å². The van der Waals surface area contributed by atoms with Crippen LogP contribution in [0.5, 0.6) is 0 Å². The number of allylic oxidation sites excluding steroid dienone is 1. The van der Waals surface area contributed by atoms with Crippen LogP contribution in [0.25, 0.3) is 0 Å². The Morgan fingerprint density at radius 2 is 2.11 bits per heavy atom. The predicted molar refractivity (Wildman–Crippen MR) is 81.0 cm³/mol. The van der Waals surface area contributed by atoms with E-state index < -0.39 is 0 Å². The Hall–Kier alpha value is -0.460. The first-order valence-electron chi connectivity index (χ1n) is 7.20. The molecule has 0 bridgehead atoms. The maximum absolute atomic E-state index is 4.79. The van der Waals surface area contributed by atoms with Crippen molar-refractivity contribution in [2.24, 2.45) is 22.2 Å². The summed E-state index contributed by atoms with van der Waals surface area (Å²) in [6.07, 6.45) is 9.19. The minimum absolute atomic E-state index is 0.0900. The molecule has 0 aliphatic heterocycles. The first-order chi connectivity index (χ1) is 8.39. The van der Waals surface area contributed by atoms with Crippen molar-refractivity contribution in [3.05, 3.63) is 11.6 Å². The topological polar surface area (TPSA) is 12.4 Å². The van der Waals surface area contributed by atoms with Crippen LogP contribution in [-0.4, -0.2) is 10.7 Å². The lowest BCUT2D eigenvalue weighted by Crippen LogP contribution is -2.37. The van der Waals surface area contributed by atoms with E-state index in [1.165, 1.54) is 32.1 Å². The Kier molecular flexibility index (Phi) is 3.80. The van der Waals surface area contributed by atoms with Crippen molar-refractivity contribution in [2.45, 2.75) is 65.3 Å². The number of hydrogen-bond acceptors (Lipinski definition) is 2. The molecule has 1 nitrogen and oxygen atoms in total. The summed E-state index contributed by atoms with van der Waals surface area (Å²) in [5, 5.41) is 2.58. The van der Waals surface area contributed by atoms with Crippen molar-refractivity contribution in [1.82, 2.24) is 0 Å². The van der Waals surface area contributed by atoms with Gasteiger partial charge in [0.2, 0.25) is 0 Å². The first-order valence-corrected chi connectivity index (χ1v) is 7.61. The summed E-state index contributed by atoms with van der Waals surface area (Å²) in [7, 11) is 0. The molecule has 2 aliphatic carbocycles. The lowest BCUT2D eigenvalue weighted by Gasteiger charge is -2.46. The van der Waals surface area contributed by atoms with E-state index in [9.17, 15) is 0 Å². The van der Waals surface area contributed by atoms with Gasteiger partial charge in [0.25, 0.3) is 0 Å². The molecule has 1 fully saturated rings. The third-order valence-corrected chi connectivity index (χ3v) is 5.31. The van der Waals surface area contributed by atoms with Crippen LogP contribution in [0.1, 0.15) is 59.8 Å². The van der Waals surface area contributed by atoms with Gasteiger partial charge in [-0.3, -0.25) is 0 Å². The molecule has 18 heavy (non-hydrogen) atoms. The van der Waals surface area contributed by atoms with E-state index >= 15 is 0 Å². The van der Waals surface area contributed by atoms with Crippen LogP contribution in [0.3, 0.4) is 0 Å². The third-order valence-electron chi connectivity index (χ3n) is 5.22. The molecule has 2 heteroatoms. The zero-order valence-corrected chi connectivity index (χ0v) is 12.9. The molecule has 0 radical (unpaired) electrons. The van der Waals surface area contributed by atoms with Gasteiger partial charge >= 0.3 is 0 Å². The zero-order valence-electron chi connectivity index (χ0n) is 12.1. The van der Waals surface area contributed by atoms with Crippen LogP contribution < -0.4 is 0 Å². The number of rotatable bonds is 2. The van der Waals surface area contributed by atoms with Gasteiger partial charge in [-0.2, -0.15) is 0 Å². The molecular weight excluding hydrogens is 238 g/mol. The van der Waals surface area contributed by atoms with E-state index in [1.54, 1.807) is 5.57 Å². The van der Waals surface area contributed by atoms with Crippen LogP contribution in [0, 0.1) is 17.3 Å². The smallest absolute Gasteiger partial charge is 0.0717 e. The summed E-state index contributed by atoms with van der Waals surface area (Å²) in [5.74, 6) is 1.27. The number of thiocarbonyl (C=S) groups is 1. The molecular formula is C16H25NS. The highest BCUT2D eigenvalue weighted by Crippen LogP contribution is 2.52. The summed E-state index contributed by atoms with van der Waals surface area (Å²) in [4.78, 5) is 4.39. The van der Waals surface area contributed by atoms with Gasteiger partial charge in [0.1, 0.15) is 0 Å². The summed E-state index contributed by atoms with van der Waals surface area (Å²) in [5.41, 5.74) is 2.07. The molecule has 0 N–H and O–H groups in total. The maximum atomic E-state index is 4.79. The average Bonchev–Trinajstić information content (AvgIpc) is 2.28. The van der Waals surface area contributed by atoms with E-state index in [0.717, 1.165) is 5.92 Å². The van der Waals surface area contributed by atoms with Gasteiger partial charge in [-0.05, 0) is 63.1 Å². The van der Waals surface area contributed by atoms with Gasteiger partial charge in [0.05, 0.1) is 10.7 Å². The molecule has 3 atom stereocenters. The van der Waals surface area contributed by atoms with Crippen molar-refractivity contribution >= 4 is 17.4 Å². The van der Waals surface area contributed by atoms with Crippen LogP contribution >= 0.6 is 12.2 Å². The second-order valence-electron chi connectivity index (χ2n) is 6.98.